The molecule has 1 heterocycles. The van der Waals surface area contributed by atoms with E-state index in [0.29, 0.717) is 0 Å². The molecular formula is C19H20Br2N2O. The zero-order chi connectivity index (χ0) is 16.9. The Kier molecular flexibility index (Phi) is 6.09. The normalized spacial score (nSPS) is 18.3. The van der Waals surface area contributed by atoms with Gasteiger partial charge in [0, 0.05) is 22.0 Å². The molecule has 5 heteroatoms. The highest BCUT2D eigenvalue weighted by atomic mass is 79.9. The van der Waals surface area contributed by atoms with Crippen molar-refractivity contribution in [3.05, 3.63) is 63.0 Å². The summed E-state index contributed by atoms with van der Waals surface area (Å²) in [5, 5.41) is 3.05. The molecule has 2 aromatic carbocycles. The van der Waals surface area contributed by atoms with Crippen molar-refractivity contribution in [2.75, 3.05) is 18.4 Å². The van der Waals surface area contributed by atoms with Gasteiger partial charge in [-0.3, -0.25) is 9.69 Å². The second-order valence-electron chi connectivity index (χ2n) is 6.17. The van der Waals surface area contributed by atoms with Crippen LogP contribution in [0.25, 0.3) is 0 Å². The number of carbonyl (C=O) groups excluding carboxylic acids is 1. The molecule has 1 N–H and O–H groups in total. The fraction of sp³-hybridized carbons (Fsp3) is 0.316. The summed E-state index contributed by atoms with van der Waals surface area (Å²) < 4.78 is 2.01. The van der Waals surface area contributed by atoms with Crippen LogP contribution in [0.1, 0.15) is 18.4 Å². The maximum Gasteiger partial charge on any atom is 0.228 e. The van der Waals surface area contributed by atoms with Crippen molar-refractivity contribution < 1.29 is 4.79 Å². The van der Waals surface area contributed by atoms with Gasteiger partial charge >= 0.3 is 0 Å². The highest BCUT2D eigenvalue weighted by Gasteiger charge is 2.26. The molecule has 3 nitrogen and oxygen atoms in total. The van der Waals surface area contributed by atoms with E-state index in [1.165, 1.54) is 5.56 Å². The molecule has 1 fully saturated rings. The van der Waals surface area contributed by atoms with Crippen molar-refractivity contribution in [1.82, 2.24) is 4.90 Å². The summed E-state index contributed by atoms with van der Waals surface area (Å²) in [6, 6.07) is 16.1. The summed E-state index contributed by atoms with van der Waals surface area (Å²) in [6.07, 6.45) is 2.01. The monoisotopic (exact) mass is 450 g/mol. The maximum atomic E-state index is 12.6. The maximum absolute atomic E-state index is 12.6. The summed E-state index contributed by atoms with van der Waals surface area (Å²) >= 11 is 6.95. The molecule has 0 saturated carbocycles. The van der Waals surface area contributed by atoms with Crippen molar-refractivity contribution in [3.8, 4) is 0 Å². The molecule has 1 aliphatic rings. The number of rotatable bonds is 4. The summed E-state index contributed by atoms with van der Waals surface area (Å²) in [7, 11) is 0. The van der Waals surface area contributed by atoms with Crippen LogP contribution in [0.15, 0.2) is 57.5 Å². The molecule has 1 amide bonds. The number of carbonyl (C=O) groups is 1. The van der Waals surface area contributed by atoms with Crippen LogP contribution in [-0.4, -0.2) is 23.9 Å². The molecule has 0 aromatic heterocycles. The first-order valence-electron chi connectivity index (χ1n) is 8.14. The molecule has 0 aliphatic carbocycles. The van der Waals surface area contributed by atoms with Gasteiger partial charge in [0.15, 0.2) is 0 Å². The Balaban J connectivity index is 1.59. The Morgan fingerprint density at radius 2 is 1.88 bits per heavy atom. The first-order valence-corrected chi connectivity index (χ1v) is 9.72. The van der Waals surface area contributed by atoms with Crippen LogP contribution in [0.2, 0.25) is 0 Å². The Labute approximate surface area is 159 Å². The largest absolute Gasteiger partial charge is 0.325 e. The molecule has 126 valence electrons. The average Bonchev–Trinajstić information content (AvgIpc) is 2.59. The quantitative estimate of drug-likeness (QED) is 0.704. The zero-order valence-corrected chi connectivity index (χ0v) is 16.5. The van der Waals surface area contributed by atoms with Crippen LogP contribution in [0, 0.1) is 5.92 Å². The molecule has 1 unspecified atom stereocenters. The second-order valence-corrected chi connectivity index (χ2v) is 7.94. The Hall–Kier alpha value is -1.17. The molecular weight excluding hydrogens is 432 g/mol. The van der Waals surface area contributed by atoms with Crippen molar-refractivity contribution >= 4 is 43.5 Å². The van der Waals surface area contributed by atoms with Gasteiger partial charge in [0.2, 0.25) is 5.91 Å². The third-order valence-corrected chi connectivity index (χ3v) is 5.55. The van der Waals surface area contributed by atoms with E-state index < -0.39 is 0 Å². The highest BCUT2D eigenvalue weighted by molar-refractivity contribution is 9.10. The molecule has 0 radical (unpaired) electrons. The van der Waals surface area contributed by atoms with E-state index in [1.54, 1.807) is 0 Å². The Morgan fingerprint density at radius 3 is 2.62 bits per heavy atom. The first kappa shape index (κ1) is 17.6. The van der Waals surface area contributed by atoms with Crippen LogP contribution in [-0.2, 0) is 11.3 Å². The van der Waals surface area contributed by atoms with E-state index in [1.807, 2.05) is 24.3 Å². The molecule has 1 atom stereocenters. The van der Waals surface area contributed by atoms with E-state index in [4.69, 9.17) is 0 Å². The van der Waals surface area contributed by atoms with Crippen molar-refractivity contribution in [3.63, 3.8) is 0 Å². The number of benzene rings is 2. The number of halogens is 2. The number of nitrogens with zero attached hydrogens (tertiary/aromatic N) is 1. The highest BCUT2D eigenvalue weighted by Crippen LogP contribution is 2.24. The number of hydrogen-bond donors (Lipinski definition) is 1. The van der Waals surface area contributed by atoms with Crippen LogP contribution in [0.3, 0.4) is 0 Å². The molecule has 2 aromatic rings. The summed E-state index contributed by atoms with van der Waals surface area (Å²) in [6.45, 7) is 2.76. The lowest BCUT2D eigenvalue weighted by atomic mass is 9.96. The predicted molar refractivity (Wildman–Crippen MR) is 105 cm³/mol. The van der Waals surface area contributed by atoms with Gasteiger partial charge in [-0.2, -0.15) is 0 Å². The SMILES string of the molecule is O=C(Nc1ccccc1Br)C1CCCN(Cc2ccc(Br)cc2)C1. The number of nitrogens with one attached hydrogen (secondary N) is 1. The smallest absolute Gasteiger partial charge is 0.228 e. The molecule has 24 heavy (non-hydrogen) atoms. The summed E-state index contributed by atoms with van der Waals surface area (Å²) in [5.41, 5.74) is 2.12. The van der Waals surface area contributed by atoms with E-state index in [2.05, 4.69) is 66.3 Å². The number of hydrogen-bond acceptors (Lipinski definition) is 2. The minimum atomic E-state index is 0.0429. The molecule has 1 aliphatic heterocycles. The van der Waals surface area contributed by atoms with E-state index >= 15 is 0 Å². The fourth-order valence-corrected chi connectivity index (χ4v) is 3.71. The van der Waals surface area contributed by atoms with Crippen LogP contribution >= 0.6 is 31.9 Å². The standard InChI is InChI=1S/C19H20Br2N2O/c20-16-9-7-14(8-10-16)12-23-11-3-4-15(13-23)19(24)22-18-6-2-1-5-17(18)21/h1-2,5-10,15H,3-4,11-13H2,(H,22,24). The zero-order valence-electron chi connectivity index (χ0n) is 13.3. The number of anilines is 1. The minimum absolute atomic E-state index is 0.0429. The lowest BCUT2D eigenvalue weighted by Gasteiger charge is -2.32. The molecule has 0 bridgehead atoms. The van der Waals surface area contributed by atoms with Gasteiger partial charge < -0.3 is 5.32 Å². The number of likely N-dealkylation sites (tertiary alicyclic amines) is 1. The van der Waals surface area contributed by atoms with Gasteiger partial charge in [0.25, 0.3) is 0 Å². The van der Waals surface area contributed by atoms with Crippen molar-refractivity contribution in [1.29, 1.82) is 0 Å². The van der Waals surface area contributed by atoms with Gasteiger partial charge in [-0.1, -0.05) is 40.2 Å². The van der Waals surface area contributed by atoms with Gasteiger partial charge in [-0.15, -0.1) is 0 Å². The topological polar surface area (TPSA) is 32.3 Å². The lowest BCUT2D eigenvalue weighted by Crippen LogP contribution is -2.40. The molecule has 1 saturated heterocycles. The minimum Gasteiger partial charge on any atom is -0.325 e. The second kappa shape index (κ2) is 8.28. The van der Waals surface area contributed by atoms with Crippen LogP contribution in [0.4, 0.5) is 5.69 Å². The van der Waals surface area contributed by atoms with Gasteiger partial charge in [-0.25, -0.2) is 0 Å². The van der Waals surface area contributed by atoms with E-state index in [-0.39, 0.29) is 11.8 Å². The third-order valence-electron chi connectivity index (χ3n) is 4.33. The van der Waals surface area contributed by atoms with E-state index in [9.17, 15) is 4.79 Å². The summed E-state index contributed by atoms with van der Waals surface area (Å²) in [5.74, 6) is 0.156. The van der Waals surface area contributed by atoms with Crippen LogP contribution in [0.5, 0.6) is 0 Å². The van der Waals surface area contributed by atoms with E-state index in [0.717, 1.165) is 47.1 Å². The van der Waals surface area contributed by atoms with Crippen molar-refractivity contribution in [2.45, 2.75) is 19.4 Å². The van der Waals surface area contributed by atoms with Crippen molar-refractivity contribution in [2.24, 2.45) is 5.92 Å². The number of amides is 1. The fourth-order valence-electron chi connectivity index (χ4n) is 3.06. The molecule has 3 rings (SSSR count). The third kappa shape index (κ3) is 4.68. The Morgan fingerprint density at radius 1 is 1.12 bits per heavy atom. The Bertz CT molecular complexity index is 703. The average molecular weight is 452 g/mol. The number of para-hydroxylation sites is 1. The molecule has 0 spiro atoms. The first-order chi connectivity index (χ1) is 11.6. The van der Waals surface area contributed by atoms with Gasteiger partial charge in [0.1, 0.15) is 0 Å². The lowest BCUT2D eigenvalue weighted by molar-refractivity contribution is -0.121. The van der Waals surface area contributed by atoms with Gasteiger partial charge in [0.05, 0.1) is 11.6 Å². The predicted octanol–water partition coefficient (Wildman–Crippen LogP) is 5.06. The number of piperidine rings is 1. The van der Waals surface area contributed by atoms with Gasteiger partial charge in [-0.05, 0) is 65.1 Å². The summed E-state index contributed by atoms with van der Waals surface area (Å²) in [4.78, 5) is 15.0. The van der Waals surface area contributed by atoms with Crippen LogP contribution < -0.4 is 5.32 Å².